The van der Waals surface area contributed by atoms with Gasteiger partial charge in [-0.15, -0.1) is 0 Å². The van der Waals surface area contributed by atoms with Gasteiger partial charge in [-0.05, 0) is 31.4 Å². The summed E-state index contributed by atoms with van der Waals surface area (Å²) in [5.74, 6) is -0.204. The van der Waals surface area contributed by atoms with E-state index in [0.29, 0.717) is 24.4 Å². The van der Waals surface area contributed by atoms with Gasteiger partial charge in [-0.2, -0.15) is 0 Å². The van der Waals surface area contributed by atoms with Crippen LogP contribution in [0.15, 0.2) is 30.3 Å². The largest absolute Gasteiger partial charge is 0.462 e. The molecule has 1 fully saturated rings. The molecular weight excluding hydrogens is 348 g/mol. The molecule has 158 valence electrons. The molecule has 0 radical (unpaired) electrons. The van der Waals surface area contributed by atoms with E-state index in [2.05, 4.69) is 6.92 Å². The second kappa shape index (κ2) is 14.6. The van der Waals surface area contributed by atoms with Gasteiger partial charge in [-0.1, -0.05) is 95.8 Å². The first-order chi connectivity index (χ1) is 13.8. The number of carbonyl (C=O) groups is 1. The Morgan fingerprint density at radius 2 is 1.32 bits per heavy atom. The van der Waals surface area contributed by atoms with Crippen molar-refractivity contribution in [3.05, 3.63) is 35.9 Å². The van der Waals surface area contributed by atoms with Crippen LogP contribution < -0.4 is 0 Å². The Bertz CT molecular complexity index is 514. The van der Waals surface area contributed by atoms with Crippen LogP contribution in [0.3, 0.4) is 0 Å². The van der Waals surface area contributed by atoms with E-state index in [-0.39, 0.29) is 5.97 Å². The Kier molecular flexibility index (Phi) is 12.0. The summed E-state index contributed by atoms with van der Waals surface area (Å²) in [6.45, 7) is 2.80. The van der Waals surface area contributed by atoms with Crippen molar-refractivity contribution in [3.63, 3.8) is 0 Å². The molecule has 1 heterocycles. The van der Waals surface area contributed by atoms with Crippen molar-refractivity contribution in [1.29, 1.82) is 0 Å². The first kappa shape index (κ1) is 22.9. The highest BCUT2D eigenvalue weighted by molar-refractivity contribution is 5.89. The van der Waals surface area contributed by atoms with Gasteiger partial charge in [0.2, 0.25) is 0 Å². The minimum absolute atomic E-state index is 0.204. The van der Waals surface area contributed by atoms with Gasteiger partial charge in [0.15, 0.2) is 0 Å². The highest BCUT2D eigenvalue weighted by atomic mass is 16.6. The lowest BCUT2D eigenvalue weighted by Gasteiger charge is -2.05. The van der Waals surface area contributed by atoms with E-state index < -0.39 is 0 Å². The van der Waals surface area contributed by atoms with Gasteiger partial charge in [-0.3, -0.25) is 0 Å². The SMILES string of the molecule is CCCCCC1OC1CCCCCCCCCCCOC(=O)c1ccccc1. The van der Waals surface area contributed by atoms with Crippen LogP contribution in [0.4, 0.5) is 0 Å². The molecule has 3 nitrogen and oxygen atoms in total. The zero-order valence-corrected chi connectivity index (χ0v) is 17.9. The van der Waals surface area contributed by atoms with Crippen LogP contribution in [-0.2, 0) is 9.47 Å². The normalized spacial score (nSPS) is 18.2. The van der Waals surface area contributed by atoms with E-state index in [1.807, 2.05) is 18.2 Å². The Labute approximate surface area is 172 Å². The van der Waals surface area contributed by atoms with Crippen molar-refractivity contribution in [3.8, 4) is 0 Å². The van der Waals surface area contributed by atoms with E-state index in [4.69, 9.17) is 9.47 Å². The van der Waals surface area contributed by atoms with E-state index >= 15 is 0 Å². The Hall–Kier alpha value is -1.35. The fourth-order valence-corrected chi connectivity index (χ4v) is 3.79. The lowest BCUT2D eigenvalue weighted by Crippen LogP contribution is -2.06. The number of benzene rings is 1. The van der Waals surface area contributed by atoms with Crippen molar-refractivity contribution in [2.24, 2.45) is 0 Å². The molecular formula is C25H40O3. The molecule has 0 spiro atoms. The summed E-state index contributed by atoms with van der Waals surface area (Å²) in [7, 11) is 0. The summed E-state index contributed by atoms with van der Waals surface area (Å²) < 4.78 is 11.1. The molecule has 0 bridgehead atoms. The second-order valence-corrected chi connectivity index (χ2v) is 8.18. The molecule has 1 saturated heterocycles. The van der Waals surface area contributed by atoms with Crippen molar-refractivity contribution < 1.29 is 14.3 Å². The molecule has 0 aromatic heterocycles. The average Bonchev–Trinajstić information content (AvgIpc) is 3.47. The fraction of sp³-hybridized carbons (Fsp3) is 0.720. The molecule has 2 unspecified atom stereocenters. The minimum Gasteiger partial charge on any atom is -0.462 e. The van der Waals surface area contributed by atoms with Gasteiger partial charge in [0, 0.05) is 0 Å². The molecule has 28 heavy (non-hydrogen) atoms. The van der Waals surface area contributed by atoms with Crippen LogP contribution in [-0.4, -0.2) is 24.8 Å². The van der Waals surface area contributed by atoms with E-state index in [0.717, 1.165) is 12.8 Å². The monoisotopic (exact) mass is 388 g/mol. The van der Waals surface area contributed by atoms with Gasteiger partial charge in [-0.25, -0.2) is 4.79 Å². The maximum Gasteiger partial charge on any atom is 0.338 e. The maximum atomic E-state index is 11.8. The number of unbranched alkanes of at least 4 members (excludes halogenated alkanes) is 10. The Balaban J connectivity index is 1.29. The summed E-state index contributed by atoms with van der Waals surface area (Å²) in [5.41, 5.74) is 0.641. The van der Waals surface area contributed by atoms with Crippen molar-refractivity contribution >= 4 is 5.97 Å². The van der Waals surface area contributed by atoms with E-state index in [1.165, 1.54) is 77.0 Å². The number of epoxide rings is 1. The maximum absolute atomic E-state index is 11.8. The van der Waals surface area contributed by atoms with Crippen LogP contribution in [0, 0.1) is 0 Å². The summed E-state index contributed by atoms with van der Waals surface area (Å²) >= 11 is 0. The quantitative estimate of drug-likeness (QED) is 0.162. The highest BCUT2D eigenvalue weighted by Gasteiger charge is 2.36. The van der Waals surface area contributed by atoms with Gasteiger partial charge >= 0.3 is 5.97 Å². The second-order valence-electron chi connectivity index (χ2n) is 8.18. The molecule has 2 rings (SSSR count). The third kappa shape index (κ3) is 10.3. The summed E-state index contributed by atoms with van der Waals surface area (Å²) in [6, 6.07) is 9.23. The van der Waals surface area contributed by atoms with Crippen molar-refractivity contribution in [2.45, 2.75) is 109 Å². The average molecular weight is 389 g/mol. The number of carbonyl (C=O) groups excluding carboxylic acids is 1. The van der Waals surface area contributed by atoms with Crippen molar-refractivity contribution in [2.75, 3.05) is 6.61 Å². The smallest absolute Gasteiger partial charge is 0.338 e. The van der Waals surface area contributed by atoms with Crippen LogP contribution in [0.1, 0.15) is 107 Å². The molecule has 1 aliphatic heterocycles. The van der Waals surface area contributed by atoms with Gasteiger partial charge < -0.3 is 9.47 Å². The number of hydrogen-bond acceptors (Lipinski definition) is 3. The highest BCUT2D eigenvalue weighted by Crippen LogP contribution is 2.31. The Morgan fingerprint density at radius 1 is 0.786 bits per heavy atom. The first-order valence-corrected chi connectivity index (χ1v) is 11.7. The standard InChI is InChI=1S/C25H40O3/c1-2-3-12-19-23-24(28-23)20-15-9-7-5-4-6-8-10-16-21-27-25(26)22-17-13-11-14-18-22/h11,13-14,17-18,23-24H,2-10,12,15-16,19-21H2,1H3. The number of esters is 1. The van der Waals surface area contributed by atoms with Gasteiger partial charge in [0.1, 0.15) is 0 Å². The topological polar surface area (TPSA) is 38.8 Å². The van der Waals surface area contributed by atoms with Gasteiger partial charge in [0.05, 0.1) is 24.4 Å². The van der Waals surface area contributed by atoms with Crippen LogP contribution in [0.25, 0.3) is 0 Å². The minimum atomic E-state index is -0.204. The summed E-state index contributed by atoms with van der Waals surface area (Å²) in [4.78, 5) is 11.8. The van der Waals surface area contributed by atoms with E-state index in [9.17, 15) is 4.79 Å². The number of ether oxygens (including phenoxy) is 2. The molecule has 3 heteroatoms. The molecule has 1 aromatic rings. The lowest BCUT2D eigenvalue weighted by molar-refractivity contribution is 0.0497. The first-order valence-electron chi connectivity index (χ1n) is 11.7. The van der Waals surface area contributed by atoms with Crippen LogP contribution in [0.5, 0.6) is 0 Å². The predicted molar refractivity (Wildman–Crippen MR) is 116 cm³/mol. The van der Waals surface area contributed by atoms with E-state index in [1.54, 1.807) is 12.1 Å². The predicted octanol–water partition coefficient (Wildman–Crippen LogP) is 7.09. The molecule has 0 aliphatic carbocycles. The fourth-order valence-electron chi connectivity index (χ4n) is 3.79. The Morgan fingerprint density at radius 3 is 1.93 bits per heavy atom. The molecule has 0 N–H and O–H groups in total. The van der Waals surface area contributed by atoms with Crippen LogP contribution in [0.2, 0.25) is 0 Å². The van der Waals surface area contributed by atoms with Gasteiger partial charge in [0.25, 0.3) is 0 Å². The summed E-state index contributed by atoms with van der Waals surface area (Å²) in [5, 5.41) is 0. The molecule has 0 amide bonds. The molecule has 1 aliphatic rings. The zero-order chi connectivity index (χ0) is 19.9. The number of rotatable bonds is 17. The third-order valence-corrected chi connectivity index (χ3v) is 5.66. The lowest BCUT2D eigenvalue weighted by atomic mass is 10.0. The van der Waals surface area contributed by atoms with Crippen molar-refractivity contribution in [1.82, 2.24) is 0 Å². The molecule has 2 atom stereocenters. The molecule has 0 saturated carbocycles. The number of hydrogen-bond donors (Lipinski definition) is 0. The van der Waals surface area contributed by atoms with Crippen LogP contribution >= 0.6 is 0 Å². The zero-order valence-electron chi connectivity index (χ0n) is 17.9. The summed E-state index contributed by atoms with van der Waals surface area (Å²) in [6.07, 6.45) is 19.2. The third-order valence-electron chi connectivity index (χ3n) is 5.66. The molecule has 1 aromatic carbocycles.